The molecule has 0 fully saturated rings. The Morgan fingerprint density at radius 1 is 1.04 bits per heavy atom. The van der Waals surface area contributed by atoms with E-state index in [0.29, 0.717) is 22.7 Å². The van der Waals surface area contributed by atoms with Gasteiger partial charge in [-0.3, -0.25) is 4.79 Å². The third-order valence-electron chi connectivity index (χ3n) is 3.75. The van der Waals surface area contributed by atoms with Gasteiger partial charge in [-0.1, -0.05) is 35.0 Å². The molecule has 0 bridgehead atoms. The molecule has 3 aromatic rings. The van der Waals surface area contributed by atoms with Crippen molar-refractivity contribution in [3.8, 4) is 17.1 Å². The Bertz CT molecular complexity index is 849. The van der Waals surface area contributed by atoms with E-state index in [1.54, 1.807) is 38.3 Å². The number of benzene rings is 2. The maximum atomic E-state index is 12.7. The van der Waals surface area contributed by atoms with Gasteiger partial charge in [-0.05, 0) is 38.1 Å². The Labute approximate surface area is 140 Å². The lowest BCUT2D eigenvalue weighted by Gasteiger charge is -2.07. The summed E-state index contributed by atoms with van der Waals surface area (Å²) in [6.45, 7) is 3.76. The zero-order chi connectivity index (χ0) is 17.1. The number of hydrogen-bond acceptors (Lipinski definition) is 4. The lowest BCUT2D eigenvalue weighted by molar-refractivity contribution is 0.102. The van der Waals surface area contributed by atoms with E-state index in [-0.39, 0.29) is 5.91 Å². The minimum absolute atomic E-state index is 0.255. The lowest BCUT2D eigenvalue weighted by atomic mass is 10.0. The molecule has 0 spiro atoms. The van der Waals surface area contributed by atoms with Crippen LogP contribution in [0.4, 0.5) is 5.69 Å². The van der Waals surface area contributed by atoms with Crippen molar-refractivity contribution >= 4 is 11.6 Å². The average molecular weight is 322 g/mol. The highest BCUT2D eigenvalue weighted by Crippen LogP contribution is 2.27. The van der Waals surface area contributed by atoms with Crippen LogP contribution in [0, 0.1) is 13.8 Å². The van der Waals surface area contributed by atoms with Crippen LogP contribution in [-0.2, 0) is 0 Å². The zero-order valence-corrected chi connectivity index (χ0v) is 13.8. The molecule has 0 radical (unpaired) electrons. The minimum atomic E-state index is -0.255. The molecular weight excluding hydrogens is 304 g/mol. The molecule has 1 aromatic heterocycles. The number of nitrogens with zero attached hydrogens (tertiary/aromatic N) is 1. The van der Waals surface area contributed by atoms with E-state index in [4.69, 9.17) is 9.26 Å². The number of carbonyl (C=O) groups is 1. The van der Waals surface area contributed by atoms with Crippen molar-refractivity contribution in [2.45, 2.75) is 13.8 Å². The summed E-state index contributed by atoms with van der Waals surface area (Å²) in [6, 6.07) is 14.9. The van der Waals surface area contributed by atoms with Crippen LogP contribution in [0.3, 0.4) is 0 Å². The summed E-state index contributed by atoms with van der Waals surface area (Å²) >= 11 is 0. The molecule has 5 nitrogen and oxygen atoms in total. The molecule has 1 N–H and O–H groups in total. The number of ether oxygens (including phenoxy) is 1. The van der Waals surface area contributed by atoms with Gasteiger partial charge < -0.3 is 14.6 Å². The van der Waals surface area contributed by atoms with Crippen molar-refractivity contribution in [3.63, 3.8) is 0 Å². The van der Waals surface area contributed by atoms with E-state index < -0.39 is 0 Å². The van der Waals surface area contributed by atoms with Gasteiger partial charge in [0.25, 0.3) is 5.91 Å². The molecule has 0 unspecified atom stereocenters. The van der Waals surface area contributed by atoms with Crippen LogP contribution in [0.25, 0.3) is 11.3 Å². The normalized spacial score (nSPS) is 10.5. The molecule has 3 rings (SSSR count). The third-order valence-corrected chi connectivity index (χ3v) is 3.75. The maximum Gasteiger partial charge on any atom is 0.261 e. The number of aromatic nitrogens is 1. The largest absolute Gasteiger partial charge is 0.497 e. The summed E-state index contributed by atoms with van der Waals surface area (Å²) in [4.78, 5) is 12.7. The van der Waals surface area contributed by atoms with E-state index >= 15 is 0 Å². The Balaban J connectivity index is 1.89. The van der Waals surface area contributed by atoms with Gasteiger partial charge in [0.2, 0.25) is 0 Å². The van der Waals surface area contributed by atoms with E-state index in [1.165, 1.54) is 0 Å². The van der Waals surface area contributed by atoms with Crippen molar-refractivity contribution < 1.29 is 14.1 Å². The summed E-state index contributed by atoms with van der Waals surface area (Å²) in [5, 5.41) is 6.81. The number of nitrogens with one attached hydrogen (secondary N) is 1. The first-order valence-electron chi connectivity index (χ1n) is 7.57. The molecule has 0 aliphatic rings. The first kappa shape index (κ1) is 15.8. The highest BCUT2D eigenvalue weighted by Gasteiger charge is 2.21. The quantitative estimate of drug-likeness (QED) is 0.781. The summed E-state index contributed by atoms with van der Waals surface area (Å²) in [6.07, 6.45) is 0. The molecular formula is C19H18N2O3. The summed E-state index contributed by atoms with van der Waals surface area (Å²) < 4.78 is 10.5. The molecule has 24 heavy (non-hydrogen) atoms. The number of methoxy groups -OCH3 is 1. The van der Waals surface area contributed by atoms with Crippen LogP contribution in [0.2, 0.25) is 0 Å². The fourth-order valence-electron chi connectivity index (χ4n) is 2.41. The van der Waals surface area contributed by atoms with Crippen LogP contribution in [-0.4, -0.2) is 18.2 Å². The van der Waals surface area contributed by atoms with E-state index in [0.717, 1.165) is 16.9 Å². The number of amides is 1. The van der Waals surface area contributed by atoms with Crippen molar-refractivity contribution in [2.24, 2.45) is 0 Å². The molecule has 2 aromatic carbocycles. The first-order valence-corrected chi connectivity index (χ1v) is 7.57. The SMILES string of the molecule is COc1ccc(NC(=O)c2c(C)noc2-c2ccc(C)cc2)cc1. The Morgan fingerprint density at radius 3 is 2.33 bits per heavy atom. The summed E-state index contributed by atoms with van der Waals surface area (Å²) in [5.74, 6) is 0.947. The second kappa shape index (κ2) is 6.58. The second-order valence-corrected chi connectivity index (χ2v) is 5.52. The molecule has 0 aliphatic carbocycles. The van der Waals surface area contributed by atoms with Crippen LogP contribution < -0.4 is 10.1 Å². The molecule has 122 valence electrons. The van der Waals surface area contributed by atoms with E-state index in [1.807, 2.05) is 31.2 Å². The lowest BCUT2D eigenvalue weighted by Crippen LogP contribution is -2.13. The highest BCUT2D eigenvalue weighted by molar-refractivity contribution is 6.08. The summed E-state index contributed by atoms with van der Waals surface area (Å²) in [7, 11) is 1.60. The van der Waals surface area contributed by atoms with Crippen molar-refractivity contribution in [1.29, 1.82) is 0 Å². The zero-order valence-electron chi connectivity index (χ0n) is 13.8. The molecule has 5 heteroatoms. The van der Waals surface area contributed by atoms with Crippen molar-refractivity contribution in [3.05, 3.63) is 65.4 Å². The van der Waals surface area contributed by atoms with Crippen molar-refractivity contribution in [2.75, 3.05) is 12.4 Å². The minimum Gasteiger partial charge on any atom is -0.497 e. The monoisotopic (exact) mass is 322 g/mol. The Kier molecular flexibility index (Phi) is 4.33. The second-order valence-electron chi connectivity index (χ2n) is 5.52. The van der Waals surface area contributed by atoms with Crippen LogP contribution >= 0.6 is 0 Å². The Morgan fingerprint density at radius 2 is 1.71 bits per heavy atom. The van der Waals surface area contributed by atoms with Gasteiger partial charge >= 0.3 is 0 Å². The number of carbonyl (C=O) groups excluding carboxylic acids is 1. The van der Waals surface area contributed by atoms with Gasteiger partial charge in [0, 0.05) is 11.3 Å². The van der Waals surface area contributed by atoms with Gasteiger partial charge in [0.05, 0.1) is 12.8 Å². The average Bonchev–Trinajstić information content (AvgIpc) is 2.98. The topological polar surface area (TPSA) is 64.4 Å². The fraction of sp³-hybridized carbons (Fsp3) is 0.158. The first-order chi connectivity index (χ1) is 11.6. The highest BCUT2D eigenvalue weighted by atomic mass is 16.5. The molecule has 0 saturated heterocycles. The maximum absolute atomic E-state index is 12.7. The standard InChI is InChI=1S/C19H18N2O3/c1-12-4-6-14(7-5-12)18-17(13(2)21-24-18)19(22)20-15-8-10-16(23-3)11-9-15/h4-11H,1-3H3,(H,20,22). The van der Waals surface area contributed by atoms with Crippen LogP contribution in [0.5, 0.6) is 5.75 Å². The van der Waals surface area contributed by atoms with E-state index in [9.17, 15) is 4.79 Å². The predicted octanol–water partition coefficient (Wildman–Crippen LogP) is 4.22. The van der Waals surface area contributed by atoms with Gasteiger partial charge in [0.15, 0.2) is 5.76 Å². The fourth-order valence-corrected chi connectivity index (χ4v) is 2.41. The van der Waals surface area contributed by atoms with Crippen molar-refractivity contribution in [1.82, 2.24) is 5.16 Å². The van der Waals surface area contributed by atoms with Gasteiger partial charge in [-0.25, -0.2) is 0 Å². The smallest absolute Gasteiger partial charge is 0.261 e. The summed E-state index contributed by atoms with van der Waals surface area (Å²) in [5.41, 5.74) is 3.63. The number of aryl methyl sites for hydroxylation is 2. The van der Waals surface area contributed by atoms with Crippen LogP contribution in [0.15, 0.2) is 53.1 Å². The molecule has 0 aliphatic heterocycles. The molecule has 0 atom stereocenters. The number of rotatable bonds is 4. The molecule has 0 saturated carbocycles. The van der Waals surface area contributed by atoms with E-state index in [2.05, 4.69) is 10.5 Å². The Hall–Kier alpha value is -3.08. The van der Waals surface area contributed by atoms with Gasteiger partial charge in [-0.15, -0.1) is 0 Å². The predicted molar refractivity (Wildman–Crippen MR) is 92.4 cm³/mol. The third kappa shape index (κ3) is 3.15. The number of hydrogen-bond donors (Lipinski definition) is 1. The van der Waals surface area contributed by atoms with Gasteiger partial charge in [0.1, 0.15) is 11.3 Å². The molecule has 1 heterocycles. The van der Waals surface area contributed by atoms with Gasteiger partial charge in [-0.2, -0.15) is 0 Å². The van der Waals surface area contributed by atoms with Crippen LogP contribution in [0.1, 0.15) is 21.6 Å². The molecule has 1 amide bonds. The number of anilines is 1.